The molecule has 1 aromatic carbocycles. The Bertz CT molecular complexity index is 720. The van der Waals surface area contributed by atoms with Crippen molar-refractivity contribution in [2.45, 2.75) is 110 Å². The molecule has 0 bridgehead atoms. The van der Waals surface area contributed by atoms with Crippen molar-refractivity contribution in [3.05, 3.63) is 28.3 Å². The molecule has 0 heterocycles. The van der Waals surface area contributed by atoms with Crippen LogP contribution < -0.4 is 4.74 Å². The van der Waals surface area contributed by atoms with Gasteiger partial charge in [-0.15, -0.1) is 0 Å². The van der Waals surface area contributed by atoms with E-state index < -0.39 is 28.4 Å². The Morgan fingerprint density at radius 3 is 1.27 bits per heavy atom. The smallest absolute Gasteiger partial charge is 0.308 e. The standard InChI is InChI=1S/C24H40O6/c1-10-21(6,26)16-14-17(22(7,27)11-2)19(24(9,29)13-4)20(30-15(5)25)18(16)23(8,28)12-3/h14,26-29H,10-13H2,1-9H3. The number of rotatable bonds is 9. The van der Waals surface area contributed by atoms with E-state index in [4.69, 9.17) is 4.74 Å². The van der Waals surface area contributed by atoms with Gasteiger partial charge in [-0.1, -0.05) is 27.7 Å². The van der Waals surface area contributed by atoms with E-state index >= 15 is 0 Å². The van der Waals surface area contributed by atoms with Crippen LogP contribution in [0, 0.1) is 0 Å². The van der Waals surface area contributed by atoms with Crippen molar-refractivity contribution in [1.82, 2.24) is 0 Å². The average molecular weight is 425 g/mol. The van der Waals surface area contributed by atoms with Crippen LogP contribution in [0.15, 0.2) is 6.07 Å². The van der Waals surface area contributed by atoms with Crippen molar-refractivity contribution < 1.29 is 30.0 Å². The van der Waals surface area contributed by atoms with Crippen molar-refractivity contribution >= 4 is 5.97 Å². The Kier molecular flexibility index (Phi) is 7.93. The molecule has 0 spiro atoms. The lowest BCUT2D eigenvalue weighted by atomic mass is 9.72. The molecule has 6 nitrogen and oxygen atoms in total. The minimum absolute atomic E-state index is 0.0103. The summed E-state index contributed by atoms with van der Waals surface area (Å²) in [5.41, 5.74) is -4.38. The first-order valence-corrected chi connectivity index (χ1v) is 10.8. The molecular formula is C24H40O6. The summed E-state index contributed by atoms with van der Waals surface area (Å²) >= 11 is 0. The monoisotopic (exact) mass is 424 g/mol. The second-order valence-corrected chi connectivity index (χ2v) is 9.15. The zero-order chi connectivity index (χ0) is 23.7. The maximum absolute atomic E-state index is 12.1. The summed E-state index contributed by atoms with van der Waals surface area (Å²) in [6.07, 6.45) is 1.23. The van der Waals surface area contributed by atoms with Gasteiger partial charge in [0.25, 0.3) is 0 Å². The van der Waals surface area contributed by atoms with Crippen LogP contribution >= 0.6 is 0 Å². The van der Waals surface area contributed by atoms with Gasteiger partial charge < -0.3 is 25.2 Å². The van der Waals surface area contributed by atoms with E-state index in [1.165, 1.54) is 6.92 Å². The lowest BCUT2D eigenvalue weighted by molar-refractivity contribution is -0.132. The van der Waals surface area contributed by atoms with E-state index in [1.807, 2.05) is 13.8 Å². The number of esters is 1. The Hall–Kier alpha value is -1.47. The van der Waals surface area contributed by atoms with Crippen LogP contribution in [0.2, 0.25) is 0 Å². The molecule has 0 aliphatic rings. The lowest BCUT2D eigenvalue weighted by Crippen LogP contribution is -2.36. The zero-order valence-corrected chi connectivity index (χ0v) is 20.0. The highest BCUT2D eigenvalue weighted by Gasteiger charge is 2.43. The lowest BCUT2D eigenvalue weighted by Gasteiger charge is -2.40. The quantitative estimate of drug-likeness (QED) is 0.351. The van der Waals surface area contributed by atoms with Gasteiger partial charge in [0.15, 0.2) is 0 Å². The van der Waals surface area contributed by atoms with E-state index in [2.05, 4.69) is 0 Å². The summed E-state index contributed by atoms with van der Waals surface area (Å²) in [5.74, 6) is -0.608. The third-order valence-electron chi connectivity index (χ3n) is 6.52. The molecule has 0 aromatic heterocycles. The van der Waals surface area contributed by atoms with E-state index in [0.29, 0.717) is 24.0 Å². The predicted octanol–water partition coefficient (Wildman–Crippen LogP) is 4.08. The number of ether oxygens (including phenoxy) is 1. The van der Waals surface area contributed by atoms with Crippen LogP contribution in [0.3, 0.4) is 0 Å². The van der Waals surface area contributed by atoms with Crippen molar-refractivity contribution in [3.8, 4) is 5.75 Å². The molecule has 1 aromatic rings. The second-order valence-electron chi connectivity index (χ2n) is 9.15. The van der Waals surface area contributed by atoms with Crippen molar-refractivity contribution in [1.29, 1.82) is 0 Å². The maximum atomic E-state index is 12.1. The van der Waals surface area contributed by atoms with Gasteiger partial charge in [0.05, 0.1) is 22.4 Å². The molecule has 0 aliphatic carbocycles. The molecule has 0 amide bonds. The highest BCUT2D eigenvalue weighted by atomic mass is 16.5. The van der Waals surface area contributed by atoms with Gasteiger partial charge in [0.1, 0.15) is 5.75 Å². The van der Waals surface area contributed by atoms with Crippen LogP contribution in [0.1, 0.15) is 110 Å². The Morgan fingerprint density at radius 1 is 0.733 bits per heavy atom. The fourth-order valence-corrected chi connectivity index (χ4v) is 3.56. The van der Waals surface area contributed by atoms with Crippen LogP contribution in [0.25, 0.3) is 0 Å². The number of aliphatic hydroxyl groups is 4. The largest absolute Gasteiger partial charge is 0.426 e. The van der Waals surface area contributed by atoms with Gasteiger partial charge in [-0.05, 0) is 70.6 Å². The van der Waals surface area contributed by atoms with Gasteiger partial charge in [-0.2, -0.15) is 0 Å². The number of benzene rings is 1. The number of carbonyl (C=O) groups is 1. The number of carbonyl (C=O) groups excluding carboxylic acids is 1. The maximum Gasteiger partial charge on any atom is 0.308 e. The predicted molar refractivity (Wildman–Crippen MR) is 117 cm³/mol. The number of hydrogen-bond donors (Lipinski definition) is 4. The Morgan fingerprint density at radius 2 is 1.03 bits per heavy atom. The van der Waals surface area contributed by atoms with Gasteiger partial charge in [0.2, 0.25) is 0 Å². The SMILES string of the molecule is CCC(C)(O)c1cc(C(C)(O)CC)c(C(C)(O)CC)c(OC(C)=O)c1C(C)(O)CC. The highest BCUT2D eigenvalue weighted by molar-refractivity contribution is 5.72. The molecule has 4 unspecified atom stereocenters. The summed E-state index contributed by atoms with van der Waals surface area (Å²) in [7, 11) is 0. The normalized spacial score (nSPS) is 19.9. The van der Waals surface area contributed by atoms with Gasteiger partial charge in [-0.3, -0.25) is 4.79 Å². The third-order valence-corrected chi connectivity index (χ3v) is 6.52. The molecule has 0 saturated carbocycles. The van der Waals surface area contributed by atoms with Crippen molar-refractivity contribution in [2.24, 2.45) is 0 Å². The molecule has 0 radical (unpaired) electrons. The molecule has 4 atom stereocenters. The summed E-state index contributed by atoms with van der Waals surface area (Å²) < 4.78 is 5.63. The summed E-state index contributed by atoms with van der Waals surface area (Å²) in [6.45, 7) is 14.9. The van der Waals surface area contributed by atoms with Gasteiger partial charge in [0, 0.05) is 18.1 Å². The first-order valence-electron chi connectivity index (χ1n) is 10.8. The Balaban J connectivity index is 4.43. The molecule has 30 heavy (non-hydrogen) atoms. The van der Waals surface area contributed by atoms with Crippen LogP contribution in [0.4, 0.5) is 0 Å². The van der Waals surface area contributed by atoms with E-state index in [0.717, 1.165) is 0 Å². The summed E-state index contributed by atoms with van der Waals surface area (Å²) in [6, 6.07) is 1.65. The Labute approximate surface area is 180 Å². The molecule has 6 heteroatoms. The van der Waals surface area contributed by atoms with Crippen LogP contribution in [0.5, 0.6) is 5.75 Å². The second kappa shape index (κ2) is 8.95. The fourth-order valence-electron chi connectivity index (χ4n) is 3.56. The van der Waals surface area contributed by atoms with Gasteiger partial charge in [-0.25, -0.2) is 0 Å². The van der Waals surface area contributed by atoms with Crippen molar-refractivity contribution in [3.63, 3.8) is 0 Å². The molecule has 0 aliphatic heterocycles. The van der Waals surface area contributed by atoms with Crippen molar-refractivity contribution in [2.75, 3.05) is 0 Å². The van der Waals surface area contributed by atoms with E-state index in [9.17, 15) is 25.2 Å². The van der Waals surface area contributed by atoms with E-state index in [-0.39, 0.29) is 29.7 Å². The minimum Gasteiger partial charge on any atom is -0.426 e. The van der Waals surface area contributed by atoms with Gasteiger partial charge >= 0.3 is 5.97 Å². The minimum atomic E-state index is -1.45. The molecular weight excluding hydrogens is 384 g/mol. The summed E-state index contributed by atoms with van der Waals surface area (Å²) in [4.78, 5) is 12.1. The first-order chi connectivity index (χ1) is 13.5. The molecule has 0 fully saturated rings. The molecule has 1 rings (SSSR count). The molecule has 0 saturated heterocycles. The highest BCUT2D eigenvalue weighted by Crippen LogP contribution is 2.50. The summed E-state index contributed by atoms with van der Waals surface area (Å²) in [5, 5.41) is 45.0. The molecule has 172 valence electrons. The van der Waals surface area contributed by atoms with E-state index in [1.54, 1.807) is 47.6 Å². The molecule has 4 N–H and O–H groups in total. The number of hydrogen-bond acceptors (Lipinski definition) is 6. The first kappa shape index (κ1) is 26.6. The van der Waals surface area contributed by atoms with Crippen LogP contribution in [-0.2, 0) is 27.2 Å². The van der Waals surface area contributed by atoms with Crippen LogP contribution in [-0.4, -0.2) is 26.4 Å². The zero-order valence-electron chi connectivity index (χ0n) is 20.0. The topological polar surface area (TPSA) is 107 Å². The fraction of sp³-hybridized carbons (Fsp3) is 0.708. The third kappa shape index (κ3) is 5.05. The average Bonchev–Trinajstić information content (AvgIpc) is 2.66.